The zero-order chi connectivity index (χ0) is 25.2. The number of hydrogen-bond donors (Lipinski definition) is 1. The third-order valence-electron chi connectivity index (χ3n) is 4.72. The second-order valence-corrected chi connectivity index (χ2v) is 7.97. The van der Waals surface area contributed by atoms with Crippen LogP contribution < -0.4 is 14.8 Å². The highest BCUT2D eigenvalue weighted by molar-refractivity contribution is 7.15. The molecule has 0 spiro atoms. The molecule has 0 radical (unpaired) electrons. The normalized spacial score (nSPS) is 10.4. The molecule has 1 N–H and O–H groups in total. The predicted molar refractivity (Wildman–Crippen MR) is 133 cm³/mol. The summed E-state index contributed by atoms with van der Waals surface area (Å²) in [7, 11) is 0. The molecular weight excluding hydrogens is 470 g/mol. The molecule has 1 amide bonds. The van der Waals surface area contributed by atoms with Crippen molar-refractivity contribution in [1.29, 1.82) is 0 Å². The van der Waals surface area contributed by atoms with E-state index in [1.165, 1.54) is 23.5 Å². The van der Waals surface area contributed by atoms with Gasteiger partial charge in [-0.1, -0.05) is 30.3 Å². The molecule has 0 fully saturated rings. The first kappa shape index (κ1) is 25.8. The van der Waals surface area contributed by atoms with Crippen LogP contribution in [0.1, 0.15) is 41.5 Å². The number of hydrogen-bond acceptors (Lipinski definition) is 8. The van der Waals surface area contributed by atoms with Crippen molar-refractivity contribution in [3.63, 3.8) is 0 Å². The molecule has 0 unspecified atom stereocenters. The van der Waals surface area contributed by atoms with Crippen molar-refractivity contribution in [3.8, 4) is 22.6 Å². The van der Waals surface area contributed by atoms with Crippen LogP contribution >= 0.6 is 11.3 Å². The Bertz CT molecular complexity index is 1170. The van der Waals surface area contributed by atoms with E-state index >= 15 is 0 Å². The van der Waals surface area contributed by atoms with E-state index in [4.69, 9.17) is 18.9 Å². The molecule has 0 atom stereocenters. The van der Waals surface area contributed by atoms with Gasteiger partial charge in [-0.05, 0) is 44.5 Å². The van der Waals surface area contributed by atoms with Crippen LogP contribution in [0.2, 0.25) is 0 Å². The summed E-state index contributed by atoms with van der Waals surface area (Å²) in [6, 6.07) is 14.0. The van der Waals surface area contributed by atoms with E-state index < -0.39 is 24.5 Å². The minimum Gasteiger partial charge on any atom is -0.490 e. The summed E-state index contributed by atoms with van der Waals surface area (Å²) in [6.07, 6.45) is 0. The Labute approximate surface area is 207 Å². The minimum atomic E-state index is -0.689. The van der Waals surface area contributed by atoms with Gasteiger partial charge < -0.3 is 24.3 Å². The Morgan fingerprint density at radius 3 is 2.23 bits per heavy atom. The first-order chi connectivity index (χ1) is 17.0. The number of benzene rings is 2. The first-order valence-electron chi connectivity index (χ1n) is 11.2. The number of thiophene rings is 1. The van der Waals surface area contributed by atoms with Gasteiger partial charge in [0.15, 0.2) is 18.1 Å². The fraction of sp³-hybridized carbons (Fsp3) is 0.269. The molecule has 1 heterocycles. The topological polar surface area (TPSA) is 100 Å². The van der Waals surface area contributed by atoms with Gasteiger partial charge in [0.25, 0.3) is 5.91 Å². The van der Waals surface area contributed by atoms with E-state index in [2.05, 4.69) is 5.32 Å². The molecule has 0 bridgehead atoms. The maximum atomic E-state index is 12.6. The van der Waals surface area contributed by atoms with Crippen molar-refractivity contribution in [2.75, 3.05) is 31.7 Å². The van der Waals surface area contributed by atoms with E-state index in [0.717, 1.165) is 5.56 Å². The molecular formula is C26H27NO7S. The van der Waals surface area contributed by atoms with Crippen LogP contribution in [0.3, 0.4) is 0 Å². The lowest BCUT2D eigenvalue weighted by atomic mass is 10.0. The zero-order valence-corrected chi connectivity index (χ0v) is 20.6. The standard InChI is InChI=1S/C26H27NO7S/c1-4-31-20-13-12-18(14-21(20)32-5-2)25(29)34-15-22(28)27-24-23(26(30)33-6-3)19(16-35-24)17-10-8-7-9-11-17/h7-14,16H,4-6,15H2,1-3H3,(H,27,28). The quantitative estimate of drug-likeness (QED) is 0.364. The van der Waals surface area contributed by atoms with Crippen LogP contribution in [0.4, 0.5) is 5.00 Å². The van der Waals surface area contributed by atoms with Crippen LogP contribution in [0.5, 0.6) is 11.5 Å². The van der Waals surface area contributed by atoms with Crippen molar-refractivity contribution in [1.82, 2.24) is 0 Å². The second-order valence-electron chi connectivity index (χ2n) is 7.09. The lowest BCUT2D eigenvalue weighted by Gasteiger charge is -2.12. The van der Waals surface area contributed by atoms with E-state index in [1.807, 2.05) is 44.2 Å². The molecule has 35 heavy (non-hydrogen) atoms. The number of esters is 2. The minimum absolute atomic E-state index is 0.194. The highest BCUT2D eigenvalue weighted by Crippen LogP contribution is 2.36. The zero-order valence-electron chi connectivity index (χ0n) is 19.8. The van der Waals surface area contributed by atoms with Gasteiger partial charge >= 0.3 is 11.9 Å². The third kappa shape index (κ3) is 6.60. The molecule has 0 aliphatic heterocycles. The monoisotopic (exact) mass is 497 g/mol. The molecule has 3 aromatic rings. The molecule has 184 valence electrons. The highest BCUT2D eigenvalue weighted by Gasteiger charge is 2.23. The Morgan fingerprint density at radius 1 is 0.829 bits per heavy atom. The van der Waals surface area contributed by atoms with Gasteiger partial charge in [0, 0.05) is 10.9 Å². The summed E-state index contributed by atoms with van der Waals surface area (Å²) >= 11 is 1.19. The number of rotatable bonds is 11. The number of anilines is 1. The van der Waals surface area contributed by atoms with Gasteiger partial charge in [0.1, 0.15) is 10.6 Å². The predicted octanol–water partition coefficient (Wildman–Crippen LogP) is 5.18. The van der Waals surface area contributed by atoms with Gasteiger partial charge in [0.2, 0.25) is 0 Å². The van der Waals surface area contributed by atoms with Crippen LogP contribution in [0, 0.1) is 0 Å². The molecule has 8 nitrogen and oxygen atoms in total. The Kier molecular flexibility index (Phi) is 9.25. The molecule has 9 heteroatoms. The maximum Gasteiger partial charge on any atom is 0.341 e. The van der Waals surface area contributed by atoms with Gasteiger partial charge in [-0.15, -0.1) is 11.3 Å². The van der Waals surface area contributed by atoms with Gasteiger partial charge in [-0.3, -0.25) is 4.79 Å². The maximum absolute atomic E-state index is 12.6. The summed E-state index contributed by atoms with van der Waals surface area (Å²) in [5, 5.41) is 4.76. The van der Waals surface area contributed by atoms with Crippen molar-refractivity contribution in [2.24, 2.45) is 0 Å². The molecule has 3 rings (SSSR count). The lowest BCUT2D eigenvalue weighted by Crippen LogP contribution is -2.21. The SMILES string of the molecule is CCOC(=O)c1c(-c2ccccc2)csc1NC(=O)COC(=O)c1ccc(OCC)c(OCC)c1. The molecule has 2 aromatic carbocycles. The molecule has 0 saturated heterocycles. The summed E-state index contributed by atoms with van der Waals surface area (Å²) in [5.41, 5.74) is 1.95. The number of ether oxygens (including phenoxy) is 4. The van der Waals surface area contributed by atoms with Crippen LogP contribution in [-0.2, 0) is 14.3 Å². The molecule has 1 aromatic heterocycles. The Morgan fingerprint density at radius 2 is 1.54 bits per heavy atom. The van der Waals surface area contributed by atoms with Gasteiger partial charge in [-0.2, -0.15) is 0 Å². The Hall–Kier alpha value is -3.85. The van der Waals surface area contributed by atoms with Crippen LogP contribution in [0.15, 0.2) is 53.9 Å². The largest absolute Gasteiger partial charge is 0.490 e. The highest BCUT2D eigenvalue weighted by atomic mass is 32.1. The fourth-order valence-corrected chi connectivity index (χ4v) is 4.21. The van der Waals surface area contributed by atoms with Crippen LogP contribution in [-0.4, -0.2) is 44.3 Å². The number of carbonyl (C=O) groups is 3. The summed E-state index contributed by atoms with van der Waals surface area (Å²) in [6.45, 7) is 5.89. The average molecular weight is 498 g/mol. The summed E-state index contributed by atoms with van der Waals surface area (Å²) in [4.78, 5) is 37.7. The fourth-order valence-electron chi connectivity index (χ4n) is 3.24. The van der Waals surface area contributed by atoms with E-state index in [-0.39, 0.29) is 17.7 Å². The molecule has 0 saturated carbocycles. The third-order valence-corrected chi connectivity index (χ3v) is 5.62. The molecule has 0 aliphatic rings. The van der Waals surface area contributed by atoms with Crippen molar-refractivity contribution in [3.05, 3.63) is 65.0 Å². The second kappa shape index (κ2) is 12.6. The first-order valence-corrected chi connectivity index (χ1v) is 12.1. The lowest BCUT2D eigenvalue weighted by molar-refractivity contribution is -0.119. The van der Waals surface area contributed by atoms with Crippen LogP contribution in [0.25, 0.3) is 11.1 Å². The van der Waals surface area contributed by atoms with Crippen molar-refractivity contribution < 1.29 is 33.3 Å². The number of carbonyl (C=O) groups excluding carboxylic acids is 3. The van der Waals surface area contributed by atoms with Gasteiger partial charge in [0.05, 0.1) is 25.4 Å². The van der Waals surface area contributed by atoms with Crippen molar-refractivity contribution >= 4 is 34.2 Å². The smallest absolute Gasteiger partial charge is 0.341 e. The average Bonchev–Trinajstić information content (AvgIpc) is 3.28. The van der Waals surface area contributed by atoms with E-state index in [9.17, 15) is 14.4 Å². The summed E-state index contributed by atoms with van der Waals surface area (Å²) in [5.74, 6) is -0.883. The van der Waals surface area contributed by atoms with Gasteiger partial charge in [-0.25, -0.2) is 9.59 Å². The van der Waals surface area contributed by atoms with E-state index in [1.54, 1.807) is 18.4 Å². The number of amides is 1. The molecule has 0 aliphatic carbocycles. The number of nitrogens with one attached hydrogen (secondary N) is 1. The summed E-state index contributed by atoms with van der Waals surface area (Å²) < 4.78 is 21.4. The Balaban J connectivity index is 1.71. The van der Waals surface area contributed by atoms with E-state index in [0.29, 0.717) is 35.3 Å². The van der Waals surface area contributed by atoms with Crippen molar-refractivity contribution in [2.45, 2.75) is 20.8 Å².